The summed E-state index contributed by atoms with van der Waals surface area (Å²) in [4.78, 5) is 0.0457. The summed E-state index contributed by atoms with van der Waals surface area (Å²) in [6.45, 7) is 1.59. The van der Waals surface area contributed by atoms with Crippen LogP contribution in [0, 0.1) is 12.7 Å². The number of halogens is 1. The lowest BCUT2D eigenvalue weighted by atomic mass is 10.1. The molecule has 0 aliphatic carbocycles. The van der Waals surface area contributed by atoms with Crippen molar-refractivity contribution in [1.82, 2.24) is 4.72 Å². The second-order valence-electron chi connectivity index (χ2n) is 5.26. The number of hydrogen-bond donors (Lipinski definition) is 1. The van der Waals surface area contributed by atoms with Gasteiger partial charge in [0.1, 0.15) is 11.6 Å². The summed E-state index contributed by atoms with van der Waals surface area (Å²) in [5.74, 6) is 0.185. The number of methoxy groups -OCH3 is 2. The molecule has 1 N–H and O–H groups in total. The van der Waals surface area contributed by atoms with Gasteiger partial charge in [-0.3, -0.25) is 0 Å². The van der Waals surface area contributed by atoms with Crippen LogP contribution in [0.2, 0.25) is 0 Å². The van der Waals surface area contributed by atoms with Gasteiger partial charge in [0, 0.05) is 13.7 Å². The van der Waals surface area contributed by atoms with E-state index in [4.69, 9.17) is 9.47 Å². The Morgan fingerprint density at radius 1 is 1.17 bits per heavy atom. The van der Waals surface area contributed by atoms with Crippen molar-refractivity contribution in [3.8, 4) is 5.75 Å². The second kappa shape index (κ2) is 7.74. The molecule has 0 aliphatic heterocycles. The number of aryl methyl sites for hydroxylation is 1. The lowest BCUT2D eigenvalue weighted by Crippen LogP contribution is -2.29. The van der Waals surface area contributed by atoms with Crippen molar-refractivity contribution >= 4 is 10.0 Å². The number of benzene rings is 2. The van der Waals surface area contributed by atoms with Crippen molar-refractivity contribution in [2.45, 2.75) is 17.9 Å². The van der Waals surface area contributed by atoms with Gasteiger partial charge in [-0.15, -0.1) is 0 Å². The van der Waals surface area contributed by atoms with E-state index >= 15 is 0 Å². The Balaban J connectivity index is 2.17. The molecule has 0 spiro atoms. The topological polar surface area (TPSA) is 64.6 Å². The van der Waals surface area contributed by atoms with E-state index in [1.54, 1.807) is 32.2 Å². The van der Waals surface area contributed by atoms with E-state index in [2.05, 4.69) is 4.72 Å². The van der Waals surface area contributed by atoms with Crippen LogP contribution in [0.1, 0.15) is 17.2 Å². The quantitative estimate of drug-likeness (QED) is 0.831. The average molecular weight is 353 g/mol. The van der Waals surface area contributed by atoms with Crippen LogP contribution in [0.25, 0.3) is 0 Å². The summed E-state index contributed by atoms with van der Waals surface area (Å²) in [6, 6.07) is 10.8. The van der Waals surface area contributed by atoms with E-state index in [0.29, 0.717) is 11.3 Å². The van der Waals surface area contributed by atoms with E-state index < -0.39 is 21.9 Å². The van der Waals surface area contributed by atoms with Gasteiger partial charge >= 0.3 is 0 Å². The maximum atomic E-state index is 13.2. The summed E-state index contributed by atoms with van der Waals surface area (Å²) in [5, 5.41) is 0. The minimum absolute atomic E-state index is 0.0445. The van der Waals surface area contributed by atoms with Gasteiger partial charge in [0.25, 0.3) is 0 Å². The van der Waals surface area contributed by atoms with Crippen molar-refractivity contribution in [3.63, 3.8) is 0 Å². The summed E-state index contributed by atoms with van der Waals surface area (Å²) < 4.78 is 51.0. The molecule has 0 radical (unpaired) electrons. The summed E-state index contributed by atoms with van der Waals surface area (Å²) in [7, 11) is -0.706. The summed E-state index contributed by atoms with van der Waals surface area (Å²) >= 11 is 0. The molecule has 0 aromatic heterocycles. The minimum atomic E-state index is -3.76. The highest BCUT2D eigenvalue weighted by atomic mass is 32.2. The molecule has 0 saturated heterocycles. The Hall–Kier alpha value is -1.96. The SMILES string of the molecule is COc1cccc(C(CNS(=O)(=O)c2ccc(F)cc2C)OC)c1. The third-order valence-corrected chi connectivity index (χ3v) is 5.22. The zero-order valence-corrected chi connectivity index (χ0v) is 14.6. The first-order valence-corrected chi connectivity index (χ1v) is 8.78. The molecule has 2 aromatic carbocycles. The lowest BCUT2D eigenvalue weighted by molar-refractivity contribution is 0.107. The van der Waals surface area contributed by atoms with Crippen LogP contribution in [0.5, 0.6) is 5.75 Å². The molecule has 1 unspecified atom stereocenters. The molecule has 0 bridgehead atoms. The van der Waals surface area contributed by atoms with Crippen molar-refractivity contribution < 1.29 is 22.3 Å². The van der Waals surface area contributed by atoms with Crippen LogP contribution in [0.15, 0.2) is 47.4 Å². The monoisotopic (exact) mass is 353 g/mol. The Morgan fingerprint density at radius 2 is 1.92 bits per heavy atom. The highest BCUT2D eigenvalue weighted by Gasteiger charge is 2.20. The maximum Gasteiger partial charge on any atom is 0.240 e. The molecule has 130 valence electrons. The molecule has 0 heterocycles. The minimum Gasteiger partial charge on any atom is -0.497 e. The Morgan fingerprint density at radius 3 is 2.54 bits per heavy atom. The first kappa shape index (κ1) is 18.4. The van der Waals surface area contributed by atoms with Crippen LogP contribution in [-0.2, 0) is 14.8 Å². The van der Waals surface area contributed by atoms with Crippen molar-refractivity contribution in [3.05, 3.63) is 59.4 Å². The predicted octanol–water partition coefficient (Wildman–Crippen LogP) is 2.81. The fourth-order valence-corrected chi connectivity index (χ4v) is 3.61. The molecule has 7 heteroatoms. The Labute approximate surface area is 141 Å². The number of nitrogens with one attached hydrogen (secondary N) is 1. The average Bonchev–Trinajstić information content (AvgIpc) is 2.55. The van der Waals surface area contributed by atoms with Crippen LogP contribution in [-0.4, -0.2) is 29.2 Å². The maximum absolute atomic E-state index is 13.2. The van der Waals surface area contributed by atoms with Gasteiger partial charge in [-0.2, -0.15) is 0 Å². The van der Waals surface area contributed by atoms with E-state index in [-0.39, 0.29) is 11.4 Å². The molecule has 2 rings (SSSR count). The highest BCUT2D eigenvalue weighted by Crippen LogP contribution is 2.22. The zero-order valence-electron chi connectivity index (χ0n) is 13.7. The fraction of sp³-hybridized carbons (Fsp3) is 0.294. The molecule has 0 fully saturated rings. The number of ether oxygens (including phenoxy) is 2. The normalized spacial score (nSPS) is 12.8. The first-order chi connectivity index (χ1) is 11.4. The fourth-order valence-electron chi connectivity index (χ4n) is 2.36. The molecule has 5 nitrogen and oxygen atoms in total. The molecule has 24 heavy (non-hydrogen) atoms. The smallest absolute Gasteiger partial charge is 0.240 e. The Kier molecular flexibility index (Phi) is 5.93. The molecular weight excluding hydrogens is 333 g/mol. The number of rotatable bonds is 7. The molecule has 0 saturated carbocycles. The predicted molar refractivity (Wildman–Crippen MR) is 89.1 cm³/mol. The summed E-state index contributed by atoms with van der Waals surface area (Å²) in [6.07, 6.45) is -0.476. The van der Waals surface area contributed by atoms with Gasteiger partial charge in [0.05, 0.1) is 18.1 Å². The standard InChI is InChI=1S/C17H20FNO4S/c1-12-9-14(18)7-8-17(12)24(20,21)19-11-16(23-3)13-5-4-6-15(10-13)22-2/h4-10,16,19H,11H2,1-3H3. The van der Waals surface area contributed by atoms with Crippen molar-refractivity contribution in [2.24, 2.45) is 0 Å². The van der Waals surface area contributed by atoms with Crippen LogP contribution >= 0.6 is 0 Å². The van der Waals surface area contributed by atoms with Crippen LogP contribution in [0.4, 0.5) is 4.39 Å². The van der Waals surface area contributed by atoms with Crippen LogP contribution < -0.4 is 9.46 Å². The molecule has 0 aliphatic rings. The van der Waals surface area contributed by atoms with Gasteiger partial charge in [-0.25, -0.2) is 17.5 Å². The zero-order chi connectivity index (χ0) is 17.7. The summed E-state index contributed by atoms with van der Waals surface area (Å²) in [5.41, 5.74) is 1.13. The third-order valence-electron chi connectivity index (χ3n) is 3.64. The largest absolute Gasteiger partial charge is 0.497 e. The number of hydrogen-bond acceptors (Lipinski definition) is 4. The number of sulfonamides is 1. The van der Waals surface area contributed by atoms with Gasteiger partial charge in [-0.05, 0) is 48.4 Å². The van der Waals surface area contributed by atoms with Crippen molar-refractivity contribution in [2.75, 3.05) is 20.8 Å². The van der Waals surface area contributed by atoms with E-state index in [9.17, 15) is 12.8 Å². The molecule has 0 amide bonds. The van der Waals surface area contributed by atoms with Gasteiger partial charge < -0.3 is 9.47 Å². The molecular formula is C17H20FNO4S. The van der Waals surface area contributed by atoms with Gasteiger partial charge in [-0.1, -0.05) is 12.1 Å². The third kappa shape index (κ3) is 4.31. The van der Waals surface area contributed by atoms with E-state index in [1.165, 1.54) is 19.2 Å². The highest BCUT2D eigenvalue weighted by molar-refractivity contribution is 7.89. The first-order valence-electron chi connectivity index (χ1n) is 7.30. The Bertz CT molecular complexity index is 808. The van der Waals surface area contributed by atoms with Crippen molar-refractivity contribution in [1.29, 1.82) is 0 Å². The lowest BCUT2D eigenvalue weighted by Gasteiger charge is -2.18. The second-order valence-corrected chi connectivity index (χ2v) is 7.00. The molecule has 1 atom stereocenters. The van der Waals surface area contributed by atoms with Gasteiger partial charge in [0.2, 0.25) is 10.0 Å². The van der Waals surface area contributed by atoms with E-state index in [0.717, 1.165) is 11.6 Å². The van der Waals surface area contributed by atoms with Crippen LogP contribution in [0.3, 0.4) is 0 Å². The van der Waals surface area contributed by atoms with Gasteiger partial charge in [0.15, 0.2) is 0 Å². The van der Waals surface area contributed by atoms with E-state index in [1.807, 2.05) is 6.07 Å². The molecule has 2 aromatic rings.